The predicted molar refractivity (Wildman–Crippen MR) is 69.1 cm³/mol. The van der Waals surface area contributed by atoms with Crippen molar-refractivity contribution < 1.29 is 14.7 Å². The first-order valence-electron chi connectivity index (χ1n) is 6.55. The molecule has 1 aromatic rings. The van der Waals surface area contributed by atoms with Crippen LogP contribution < -0.4 is 5.32 Å². The highest BCUT2D eigenvalue weighted by atomic mass is 16.4. The van der Waals surface area contributed by atoms with Gasteiger partial charge in [-0.3, -0.25) is 9.48 Å². The highest BCUT2D eigenvalue weighted by molar-refractivity contribution is 6.03. The molecule has 0 bridgehead atoms. The molecule has 0 saturated heterocycles. The lowest BCUT2D eigenvalue weighted by Gasteiger charge is -2.26. The number of nitrogens with one attached hydrogen (secondary N) is 1. The van der Waals surface area contributed by atoms with Crippen molar-refractivity contribution in [2.75, 3.05) is 0 Å². The van der Waals surface area contributed by atoms with Gasteiger partial charge >= 0.3 is 5.97 Å². The minimum Gasteiger partial charge on any atom is -0.478 e. The summed E-state index contributed by atoms with van der Waals surface area (Å²) < 4.78 is 1.35. The fourth-order valence-corrected chi connectivity index (χ4v) is 2.47. The van der Waals surface area contributed by atoms with Crippen LogP contribution in [0.5, 0.6) is 0 Å². The molecule has 1 fully saturated rings. The van der Waals surface area contributed by atoms with E-state index in [1.165, 1.54) is 10.9 Å². The molecule has 2 N–H and O–H groups in total. The second-order valence-corrected chi connectivity index (χ2v) is 5.30. The smallest absolute Gasteiger partial charge is 0.339 e. The molecule has 1 heterocycles. The van der Waals surface area contributed by atoms with E-state index in [4.69, 9.17) is 5.11 Å². The number of aromatic nitrogens is 2. The lowest BCUT2D eigenvalue weighted by atomic mass is 9.87. The Morgan fingerprint density at radius 2 is 2.00 bits per heavy atom. The van der Waals surface area contributed by atoms with Crippen molar-refractivity contribution in [3.8, 4) is 0 Å². The highest BCUT2D eigenvalue weighted by Crippen LogP contribution is 2.23. The van der Waals surface area contributed by atoms with Crippen LogP contribution in [-0.2, 0) is 7.05 Å². The molecule has 0 atom stereocenters. The number of carbonyl (C=O) groups excluding carboxylic acids is 1. The number of hydrogen-bond donors (Lipinski definition) is 2. The summed E-state index contributed by atoms with van der Waals surface area (Å²) in [6.45, 7) is 2.21. The van der Waals surface area contributed by atoms with Gasteiger partial charge in [-0.05, 0) is 31.6 Å². The van der Waals surface area contributed by atoms with Crippen molar-refractivity contribution >= 4 is 11.9 Å². The number of aryl methyl sites for hydroxylation is 1. The number of hydrogen-bond acceptors (Lipinski definition) is 3. The van der Waals surface area contributed by atoms with E-state index in [2.05, 4.69) is 17.3 Å². The van der Waals surface area contributed by atoms with Gasteiger partial charge < -0.3 is 10.4 Å². The zero-order chi connectivity index (χ0) is 14.0. The maximum absolute atomic E-state index is 12.1. The molecule has 0 spiro atoms. The molecule has 6 nitrogen and oxygen atoms in total. The molecule has 1 saturated carbocycles. The van der Waals surface area contributed by atoms with Crippen LogP contribution >= 0.6 is 0 Å². The zero-order valence-electron chi connectivity index (χ0n) is 11.2. The van der Waals surface area contributed by atoms with E-state index in [1.807, 2.05) is 0 Å². The lowest BCUT2D eigenvalue weighted by Crippen LogP contribution is -2.38. The van der Waals surface area contributed by atoms with E-state index >= 15 is 0 Å². The quantitative estimate of drug-likeness (QED) is 0.865. The molecule has 0 aliphatic heterocycles. The second-order valence-electron chi connectivity index (χ2n) is 5.30. The van der Waals surface area contributed by atoms with Crippen molar-refractivity contribution in [2.24, 2.45) is 13.0 Å². The third-order valence-electron chi connectivity index (χ3n) is 3.63. The number of aromatic carboxylic acids is 1. The summed E-state index contributed by atoms with van der Waals surface area (Å²) in [6, 6.07) is 0.132. The summed E-state index contributed by atoms with van der Waals surface area (Å²) in [5.74, 6) is -0.814. The summed E-state index contributed by atoms with van der Waals surface area (Å²) in [6.07, 6.45) is 5.43. The Labute approximate surface area is 111 Å². The van der Waals surface area contributed by atoms with Gasteiger partial charge in [0.05, 0.1) is 0 Å². The SMILES string of the molecule is CC1CCC(NC(=O)c2nn(C)cc2C(=O)O)CC1. The molecule has 19 heavy (non-hydrogen) atoms. The Kier molecular flexibility index (Phi) is 3.87. The maximum atomic E-state index is 12.1. The Morgan fingerprint density at radius 1 is 1.37 bits per heavy atom. The first kappa shape index (κ1) is 13.6. The van der Waals surface area contributed by atoms with E-state index in [0.29, 0.717) is 5.92 Å². The molecule has 0 unspecified atom stereocenters. The lowest BCUT2D eigenvalue weighted by molar-refractivity contribution is 0.0690. The average molecular weight is 265 g/mol. The minimum atomic E-state index is -1.13. The van der Waals surface area contributed by atoms with E-state index < -0.39 is 11.9 Å². The molecule has 1 aliphatic rings. The number of nitrogens with zero attached hydrogens (tertiary/aromatic N) is 2. The van der Waals surface area contributed by atoms with E-state index in [-0.39, 0.29) is 17.3 Å². The van der Waals surface area contributed by atoms with Gasteiger partial charge in [-0.25, -0.2) is 4.79 Å². The Bertz CT molecular complexity index is 487. The predicted octanol–water partition coefficient (Wildman–Crippen LogP) is 1.43. The molecule has 1 amide bonds. The largest absolute Gasteiger partial charge is 0.478 e. The number of carboxylic acid groups (broad SMARTS) is 1. The van der Waals surface area contributed by atoms with Gasteiger partial charge in [0.25, 0.3) is 5.91 Å². The van der Waals surface area contributed by atoms with Crippen molar-refractivity contribution in [3.05, 3.63) is 17.5 Å². The fourth-order valence-electron chi connectivity index (χ4n) is 2.47. The summed E-state index contributed by atoms with van der Waals surface area (Å²) in [5.41, 5.74) is -0.0576. The Balaban J connectivity index is 2.06. The summed E-state index contributed by atoms with van der Waals surface area (Å²) in [5, 5.41) is 15.9. The van der Waals surface area contributed by atoms with Crippen molar-refractivity contribution in [1.82, 2.24) is 15.1 Å². The highest BCUT2D eigenvalue weighted by Gasteiger charge is 2.25. The fraction of sp³-hybridized carbons (Fsp3) is 0.615. The van der Waals surface area contributed by atoms with Crippen molar-refractivity contribution in [2.45, 2.75) is 38.6 Å². The van der Waals surface area contributed by atoms with Crippen LogP contribution in [0.3, 0.4) is 0 Å². The Morgan fingerprint density at radius 3 is 2.58 bits per heavy atom. The molecular formula is C13H19N3O3. The van der Waals surface area contributed by atoms with Crippen LogP contribution in [0, 0.1) is 5.92 Å². The van der Waals surface area contributed by atoms with Crippen LogP contribution in [-0.4, -0.2) is 32.8 Å². The molecular weight excluding hydrogens is 246 g/mol. The third-order valence-corrected chi connectivity index (χ3v) is 3.63. The molecule has 0 aromatic carbocycles. The van der Waals surface area contributed by atoms with Gasteiger partial charge in [0, 0.05) is 19.3 Å². The zero-order valence-corrected chi connectivity index (χ0v) is 11.2. The summed E-state index contributed by atoms with van der Waals surface area (Å²) in [4.78, 5) is 23.1. The summed E-state index contributed by atoms with van der Waals surface area (Å²) in [7, 11) is 1.60. The monoisotopic (exact) mass is 265 g/mol. The van der Waals surface area contributed by atoms with Crippen molar-refractivity contribution in [1.29, 1.82) is 0 Å². The molecule has 6 heteroatoms. The summed E-state index contributed by atoms with van der Waals surface area (Å²) >= 11 is 0. The number of carboxylic acids is 1. The van der Waals surface area contributed by atoms with Crippen LogP contribution in [0.25, 0.3) is 0 Å². The van der Waals surface area contributed by atoms with Crippen LogP contribution in [0.1, 0.15) is 53.5 Å². The number of amides is 1. The first-order valence-corrected chi connectivity index (χ1v) is 6.55. The molecule has 2 rings (SSSR count). The topological polar surface area (TPSA) is 84.2 Å². The van der Waals surface area contributed by atoms with Crippen LogP contribution in [0.2, 0.25) is 0 Å². The van der Waals surface area contributed by atoms with Gasteiger partial charge in [0.15, 0.2) is 5.69 Å². The van der Waals surface area contributed by atoms with E-state index in [0.717, 1.165) is 25.7 Å². The molecule has 1 aromatic heterocycles. The van der Waals surface area contributed by atoms with Crippen LogP contribution in [0.4, 0.5) is 0 Å². The van der Waals surface area contributed by atoms with Crippen LogP contribution in [0.15, 0.2) is 6.20 Å². The van der Waals surface area contributed by atoms with E-state index in [9.17, 15) is 9.59 Å². The molecule has 104 valence electrons. The van der Waals surface area contributed by atoms with E-state index in [1.54, 1.807) is 7.05 Å². The van der Waals surface area contributed by atoms with Gasteiger partial charge in [0.2, 0.25) is 0 Å². The third kappa shape index (κ3) is 3.13. The van der Waals surface area contributed by atoms with Gasteiger partial charge in [-0.15, -0.1) is 0 Å². The number of rotatable bonds is 3. The van der Waals surface area contributed by atoms with Gasteiger partial charge in [0.1, 0.15) is 5.56 Å². The van der Waals surface area contributed by atoms with Gasteiger partial charge in [-0.2, -0.15) is 5.10 Å². The molecule has 0 radical (unpaired) electrons. The standard InChI is InChI=1S/C13H19N3O3/c1-8-3-5-9(6-4-8)14-12(17)11-10(13(18)19)7-16(2)15-11/h7-9H,3-6H2,1-2H3,(H,14,17)(H,18,19). The first-order chi connectivity index (χ1) is 8.97. The minimum absolute atomic E-state index is 0.00591. The number of carbonyl (C=O) groups is 2. The second kappa shape index (κ2) is 5.42. The maximum Gasteiger partial charge on any atom is 0.339 e. The normalized spacial score (nSPS) is 23.1. The molecule has 1 aliphatic carbocycles. The Hall–Kier alpha value is -1.85. The average Bonchev–Trinajstić information content (AvgIpc) is 2.74. The van der Waals surface area contributed by atoms with Crippen molar-refractivity contribution in [3.63, 3.8) is 0 Å². The van der Waals surface area contributed by atoms with Gasteiger partial charge in [-0.1, -0.05) is 6.92 Å².